The summed E-state index contributed by atoms with van der Waals surface area (Å²) in [5.74, 6) is -0.876. The van der Waals surface area contributed by atoms with Crippen LogP contribution in [0.3, 0.4) is 0 Å². The Morgan fingerprint density at radius 2 is 2.31 bits per heavy atom. The van der Waals surface area contributed by atoms with Gasteiger partial charge in [0.15, 0.2) is 0 Å². The summed E-state index contributed by atoms with van der Waals surface area (Å²) >= 11 is 1.62. The number of nitrogens with one attached hydrogen (secondary N) is 2. The van der Waals surface area contributed by atoms with E-state index in [1.807, 2.05) is 6.07 Å². The third kappa shape index (κ3) is 1.36. The lowest BCUT2D eigenvalue weighted by Gasteiger charge is -2.14. The number of carboxylic acid groups (broad SMARTS) is 1. The van der Waals surface area contributed by atoms with Crippen molar-refractivity contribution in [1.29, 1.82) is 0 Å². The Morgan fingerprint density at radius 3 is 3.12 bits per heavy atom. The molecule has 0 atom stereocenters. The van der Waals surface area contributed by atoms with Gasteiger partial charge in [0.25, 0.3) is 0 Å². The molecule has 16 heavy (non-hydrogen) atoms. The number of carboxylic acids is 1. The first-order valence-corrected chi connectivity index (χ1v) is 5.80. The van der Waals surface area contributed by atoms with Gasteiger partial charge in [0.1, 0.15) is 0 Å². The molecule has 0 fully saturated rings. The van der Waals surface area contributed by atoms with Crippen molar-refractivity contribution < 1.29 is 9.90 Å². The summed E-state index contributed by atoms with van der Waals surface area (Å²) in [6.45, 7) is 1.61. The van der Waals surface area contributed by atoms with Crippen LogP contribution in [0.5, 0.6) is 0 Å². The maximum atomic E-state index is 10.9. The van der Waals surface area contributed by atoms with Gasteiger partial charge < -0.3 is 10.4 Å². The second kappa shape index (κ2) is 3.47. The van der Waals surface area contributed by atoms with Crippen molar-refractivity contribution >= 4 is 32.4 Å². The van der Waals surface area contributed by atoms with E-state index in [1.54, 1.807) is 23.5 Å². The van der Waals surface area contributed by atoms with E-state index in [4.69, 9.17) is 5.11 Å². The third-order valence-electron chi connectivity index (χ3n) is 2.72. The summed E-state index contributed by atoms with van der Waals surface area (Å²) in [5, 5.41) is 17.7. The summed E-state index contributed by atoms with van der Waals surface area (Å²) < 4.78 is 1.03. The van der Waals surface area contributed by atoms with Crippen molar-refractivity contribution in [3.8, 4) is 0 Å². The molecule has 0 aliphatic carbocycles. The van der Waals surface area contributed by atoms with Gasteiger partial charge in [-0.15, -0.1) is 11.3 Å². The van der Waals surface area contributed by atoms with Crippen LogP contribution in [-0.2, 0) is 6.54 Å². The first-order chi connectivity index (χ1) is 7.75. The van der Waals surface area contributed by atoms with E-state index < -0.39 is 5.97 Å². The second-order valence-corrected chi connectivity index (χ2v) is 4.76. The zero-order chi connectivity index (χ0) is 11.1. The van der Waals surface area contributed by atoms with Crippen LogP contribution in [-0.4, -0.2) is 17.7 Å². The minimum Gasteiger partial charge on any atom is -0.478 e. The molecule has 2 heterocycles. The molecule has 3 rings (SSSR count). The molecular weight excluding hydrogens is 224 g/mol. The molecule has 1 aromatic carbocycles. The maximum absolute atomic E-state index is 10.9. The summed E-state index contributed by atoms with van der Waals surface area (Å²) in [4.78, 5) is 10.9. The molecule has 4 nitrogen and oxygen atoms in total. The SMILES string of the molecule is O=C(O)c1ccc2c3c(sc2c1)NCNC3. The van der Waals surface area contributed by atoms with Gasteiger partial charge in [-0.05, 0) is 17.5 Å². The van der Waals surface area contributed by atoms with Gasteiger partial charge in [-0.3, -0.25) is 5.32 Å². The predicted molar refractivity (Wildman–Crippen MR) is 64.1 cm³/mol. The van der Waals surface area contributed by atoms with Gasteiger partial charge in [-0.2, -0.15) is 0 Å². The normalized spacial score (nSPS) is 14.5. The van der Waals surface area contributed by atoms with Crippen LogP contribution in [0.15, 0.2) is 18.2 Å². The van der Waals surface area contributed by atoms with Gasteiger partial charge in [-0.1, -0.05) is 6.07 Å². The largest absolute Gasteiger partial charge is 0.478 e. The van der Waals surface area contributed by atoms with E-state index in [1.165, 1.54) is 5.56 Å². The summed E-state index contributed by atoms with van der Waals surface area (Å²) in [7, 11) is 0. The first-order valence-electron chi connectivity index (χ1n) is 4.99. The number of hydrogen-bond acceptors (Lipinski definition) is 4. The molecular formula is C11H10N2O2S. The highest BCUT2D eigenvalue weighted by Crippen LogP contribution is 2.37. The summed E-state index contributed by atoms with van der Waals surface area (Å²) in [6.07, 6.45) is 0. The number of benzene rings is 1. The first kappa shape index (κ1) is 9.62. The summed E-state index contributed by atoms with van der Waals surface area (Å²) in [5.41, 5.74) is 1.59. The Morgan fingerprint density at radius 1 is 1.44 bits per heavy atom. The Bertz CT molecular complexity index is 577. The smallest absolute Gasteiger partial charge is 0.335 e. The fourth-order valence-corrected chi connectivity index (χ4v) is 3.09. The molecule has 0 bridgehead atoms. The minimum absolute atomic E-state index is 0.346. The maximum Gasteiger partial charge on any atom is 0.335 e. The van der Waals surface area contributed by atoms with Crippen molar-refractivity contribution in [2.24, 2.45) is 0 Å². The lowest BCUT2D eigenvalue weighted by molar-refractivity contribution is 0.0697. The van der Waals surface area contributed by atoms with Crippen LogP contribution in [0.2, 0.25) is 0 Å². The number of hydrogen-bond donors (Lipinski definition) is 3. The van der Waals surface area contributed by atoms with Crippen LogP contribution in [0.25, 0.3) is 10.1 Å². The van der Waals surface area contributed by atoms with E-state index in [0.717, 1.165) is 28.3 Å². The van der Waals surface area contributed by atoms with Gasteiger partial charge >= 0.3 is 5.97 Å². The lowest BCUT2D eigenvalue weighted by atomic mass is 10.1. The molecule has 3 N–H and O–H groups in total. The fraction of sp³-hybridized carbons (Fsp3) is 0.182. The Kier molecular flexibility index (Phi) is 2.08. The highest BCUT2D eigenvalue weighted by molar-refractivity contribution is 7.23. The fourth-order valence-electron chi connectivity index (χ4n) is 1.93. The molecule has 0 amide bonds. The van der Waals surface area contributed by atoms with E-state index >= 15 is 0 Å². The number of anilines is 1. The van der Waals surface area contributed by atoms with Crippen molar-refractivity contribution in [2.75, 3.05) is 12.0 Å². The molecule has 82 valence electrons. The van der Waals surface area contributed by atoms with Crippen LogP contribution < -0.4 is 10.6 Å². The number of carbonyl (C=O) groups is 1. The zero-order valence-corrected chi connectivity index (χ0v) is 9.23. The molecule has 1 aliphatic heterocycles. The van der Waals surface area contributed by atoms with Gasteiger partial charge in [0, 0.05) is 16.8 Å². The van der Waals surface area contributed by atoms with Crippen molar-refractivity contribution in [3.05, 3.63) is 29.3 Å². The topological polar surface area (TPSA) is 61.4 Å². The van der Waals surface area contributed by atoms with E-state index in [-0.39, 0.29) is 0 Å². The van der Waals surface area contributed by atoms with Crippen LogP contribution in [0.4, 0.5) is 5.00 Å². The quantitative estimate of drug-likeness (QED) is 0.707. The highest BCUT2D eigenvalue weighted by atomic mass is 32.1. The third-order valence-corrected chi connectivity index (χ3v) is 3.87. The summed E-state index contributed by atoms with van der Waals surface area (Å²) in [6, 6.07) is 5.29. The number of aromatic carboxylic acids is 1. The molecule has 0 saturated heterocycles. The van der Waals surface area contributed by atoms with Crippen LogP contribution in [0, 0.1) is 0 Å². The molecule has 2 aromatic rings. The Hall–Kier alpha value is -1.59. The standard InChI is InChI=1S/C11H10N2O2S/c14-11(15)6-1-2-7-8-4-12-5-13-10(8)16-9(7)3-6/h1-3,12-13H,4-5H2,(H,14,15). The molecule has 0 radical (unpaired) electrons. The zero-order valence-electron chi connectivity index (χ0n) is 8.41. The van der Waals surface area contributed by atoms with E-state index in [9.17, 15) is 4.79 Å². The second-order valence-electron chi connectivity index (χ2n) is 3.71. The number of fused-ring (bicyclic) bond motifs is 3. The Balaban J connectivity index is 2.22. The molecule has 5 heteroatoms. The van der Waals surface area contributed by atoms with Gasteiger partial charge in [0.05, 0.1) is 17.2 Å². The monoisotopic (exact) mass is 234 g/mol. The number of rotatable bonds is 1. The number of thiophene rings is 1. The lowest BCUT2D eigenvalue weighted by Crippen LogP contribution is -2.26. The van der Waals surface area contributed by atoms with Crippen molar-refractivity contribution in [3.63, 3.8) is 0 Å². The molecule has 0 saturated carbocycles. The average Bonchev–Trinajstić information content (AvgIpc) is 2.66. The molecule has 0 unspecified atom stereocenters. The molecule has 1 aromatic heterocycles. The Labute approximate surface area is 95.9 Å². The van der Waals surface area contributed by atoms with E-state index in [0.29, 0.717) is 5.56 Å². The average molecular weight is 234 g/mol. The highest BCUT2D eigenvalue weighted by Gasteiger charge is 2.16. The molecule has 0 spiro atoms. The van der Waals surface area contributed by atoms with Gasteiger partial charge in [-0.25, -0.2) is 4.79 Å². The minimum atomic E-state index is -0.876. The van der Waals surface area contributed by atoms with Crippen molar-refractivity contribution in [1.82, 2.24) is 5.32 Å². The van der Waals surface area contributed by atoms with Crippen molar-refractivity contribution in [2.45, 2.75) is 6.54 Å². The molecule has 1 aliphatic rings. The van der Waals surface area contributed by atoms with E-state index in [2.05, 4.69) is 10.6 Å². The van der Waals surface area contributed by atoms with Crippen LogP contribution >= 0.6 is 11.3 Å². The van der Waals surface area contributed by atoms with Crippen LogP contribution in [0.1, 0.15) is 15.9 Å². The predicted octanol–water partition coefficient (Wildman–Crippen LogP) is 2.07. The van der Waals surface area contributed by atoms with Gasteiger partial charge in [0.2, 0.25) is 0 Å².